The third-order valence-electron chi connectivity index (χ3n) is 9.83. The fourth-order valence-corrected chi connectivity index (χ4v) is 7.21. The van der Waals surface area contributed by atoms with Crippen LogP contribution in [0.4, 0.5) is 0 Å². The van der Waals surface area contributed by atoms with E-state index in [9.17, 15) is 0 Å². The normalized spacial score (nSPS) is 10.3. The van der Waals surface area contributed by atoms with Gasteiger partial charge in [0, 0.05) is 0 Å². The number of halogens is 2. The molecule has 0 fully saturated rings. The Labute approximate surface area is 348 Å². The molecule has 0 heterocycles. The van der Waals surface area contributed by atoms with Crippen molar-refractivity contribution in [3.8, 4) is 22.3 Å². The van der Waals surface area contributed by atoms with Gasteiger partial charge in [-0.3, -0.25) is 0 Å². The number of rotatable bonds is 7. The zero-order chi connectivity index (χ0) is 34.3. The summed E-state index contributed by atoms with van der Waals surface area (Å²) in [5.74, 6) is 0.563. The molecular formula is C49H52Cl2SiZr-4. The second kappa shape index (κ2) is 21.6. The van der Waals surface area contributed by atoms with Gasteiger partial charge in [0.25, 0.3) is 0 Å². The standard InChI is InChI=1S/C25H25.C22H19.2CH3.2ClH.Si.Zr/c1-3-4-5-9-19-16-24-18(2)14-15-23(25(24)17-19)22-13-8-11-20-10-6-7-12-21(20)22;1-15(2)18-13-17-9-6-12-21(22(17)14-18)20-11-5-8-16-7-3-4-10-19(16)20;;;;;;/h6-8,10-17H,3-5,9H2,1-2H3;3-15H,1-2H3;2*1H3;2*1H;;/q4*-1;;;;. The number of hydrogen-bond donors (Lipinski definition) is 0. The van der Waals surface area contributed by atoms with E-state index in [1.54, 1.807) is 0 Å². The molecule has 0 N–H and O–H groups in total. The zero-order valence-corrected chi connectivity index (χ0v) is 37.1. The summed E-state index contributed by atoms with van der Waals surface area (Å²) in [6.07, 6.45) is 5.07. The zero-order valence-electron chi connectivity index (χ0n) is 32.0. The molecule has 0 aliphatic carbocycles. The van der Waals surface area contributed by atoms with Crippen LogP contribution >= 0.6 is 24.8 Å². The van der Waals surface area contributed by atoms with Crippen molar-refractivity contribution in [2.45, 2.75) is 59.3 Å². The molecule has 0 saturated heterocycles. The molecule has 2 radical (unpaired) electrons. The van der Waals surface area contributed by atoms with Gasteiger partial charge in [-0.2, -0.15) is 12.1 Å². The molecule has 8 aromatic rings. The van der Waals surface area contributed by atoms with Crippen LogP contribution < -0.4 is 0 Å². The number of hydrogen-bond acceptors (Lipinski definition) is 0. The Morgan fingerprint density at radius 1 is 0.566 bits per heavy atom. The second-order valence-corrected chi connectivity index (χ2v) is 13.4. The number of benzene rings is 6. The molecule has 4 heteroatoms. The monoisotopic (exact) mass is 828 g/mol. The molecule has 8 rings (SSSR count). The molecule has 8 aromatic carbocycles. The molecule has 0 nitrogen and oxygen atoms in total. The Morgan fingerprint density at radius 2 is 1.08 bits per heavy atom. The van der Waals surface area contributed by atoms with E-state index in [4.69, 9.17) is 0 Å². The molecule has 0 aliphatic heterocycles. The van der Waals surface area contributed by atoms with Crippen molar-refractivity contribution in [3.63, 3.8) is 0 Å². The summed E-state index contributed by atoms with van der Waals surface area (Å²) >= 11 is 1.36. The van der Waals surface area contributed by atoms with Gasteiger partial charge < -0.3 is 14.9 Å². The molecule has 0 bridgehead atoms. The molecule has 0 aliphatic rings. The topological polar surface area (TPSA) is 0 Å². The van der Waals surface area contributed by atoms with Crippen LogP contribution in [0.15, 0.2) is 140 Å². The van der Waals surface area contributed by atoms with Gasteiger partial charge in [-0.1, -0.05) is 155 Å². The van der Waals surface area contributed by atoms with Gasteiger partial charge in [0.1, 0.15) is 0 Å². The molecule has 0 saturated carbocycles. The maximum absolute atomic E-state index is 3.06. The van der Waals surface area contributed by atoms with Crippen molar-refractivity contribution in [2.24, 2.45) is 0 Å². The summed E-state index contributed by atoms with van der Waals surface area (Å²) in [5.41, 5.74) is 9.64. The summed E-state index contributed by atoms with van der Waals surface area (Å²) in [4.78, 5) is 0. The fourth-order valence-electron chi connectivity index (χ4n) is 7.21. The van der Waals surface area contributed by atoms with Gasteiger partial charge >= 0.3 is 30.2 Å². The Balaban J connectivity index is 0.000000329. The molecule has 0 spiro atoms. The first-order chi connectivity index (χ1) is 24.0. The number of fused-ring (bicyclic) bond motifs is 4. The van der Waals surface area contributed by atoms with Gasteiger partial charge in [-0.05, 0) is 45.0 Å². The van der Waals surface area contributed by atoms with Gasteiger partial charge in [-0.25, -0.2) is 0 Å². The summed E-state index contributed by atoms with van der Waals surface area (Å²) in [6.45, 7) is 12.1. The molecular weight excluding hydrogens is 779 g/mol. The summed E-state index contributed by atoms with van der Waals surface area (Å²) in [7, 11) is 0. The molecule has 53 heavy (non-hydrogen) atoms. The van der Waals surface area contributed by atoms with E-state index in [0.717, 1.165) is 0 Å². The van der Waals surface area contributed by atoms with E-state index in [-0.39, 0.29) is 39.7 Å². The average molecular weight is 831 g/mol. The third kappa shape index (κ3) is 10.1. The minimum atomic E-state index is 0. The fraction of sp³-hybridized carbons (Fsp3) is 0.184. The Bertz CT molecular complexity index is 2330. The number of unbranched alkanes of at least 4 members (excludes halogenated alkanes) is 2. The average Bonchev–Trinajstić information content (AvgIpc) is 3.79. The van der Waals surface area contributed by atoms with Crippen LogP contribution in [0.2, 0.25) is 0 Å². The van der Waals surface area contributed by atoms with Gasteiger partial charge in [0.2, 0.25) is 0 Å². The van der Waals surface area contributed by atoms with Crippen LogP contribution in [0.1, 0.15) is 62.6 Å². The van der Waals surface area contributed by atoms with E-state index < -0.39 is 0 Å². The quantitative estimate of drug-likeness (QED) is 0.0853. The molecule has 0 amide bonds. The Hall–Kier alpha value is -3.26. The summed E-state index contributed by atoms with van der Waals surface area (Å²) < 4.78 is 0. The van der Waals surface area contributed by atoms with E-state index in [1.807, 2.05) is 0 Å². The van der Waals surface area contributed by atoms with Crippen molar-refractivity contribution >= 4 is 74.8 Å². The first-order valence-corrected chi connectivity index (χ1v) is 21.8. The maximum atomic E-state index is 3.06. The second-order valence-electron chi connectivity index (χ2n) is 13.4. The van der Waals surface area contributed by atoms with Gasteiger partial charge in [0.15, 0.2) is 0 Å². The summed E-state index contributed by atoms with van der Waals surface area (Å²) in [6, 6.07) is 51.3. The predicted octanol–water partition coefficient (Wildman–Crippen LogP) is 15.3. The van der Waals surface area contributed by atoms with Crippen molar-refractivity contribution in [1.82, 2.24) is 0 Å². The van der Waals surface area contributed by atoms with Crippen molar-refractivity contribution in [1.29, 1.82) is 0 Å². The van der Waals surface area contributed by atoms with Crippen LogP contribution in [0.25, 0.3) is 65.3 Å². The van der Waals surface area contributed by atoms with Gasteiger partial charge in [0.05, 0.1) is 0 Å². The van der Waals surface area contributed by atoms with E-state index in [0.29, 0.717) is 5.92 Å². The Kier molecular flexibility index (Phi) is 18.7. The minimum absolute atomic E-state index is 0. The molecule has 0 aromatic heterocycles. The van der Waals surface area contributed by atoms with E-state index >= 15 is 0 Å². The van der Waals surface area contributed by atoms with E-state index in [2.05, 4.69) is 174 Å². The van der Waals surface area contributed by atoms with Crippen LogP contribution in [-0.4, -0.2) is 6.88 Å². The third-order valence-corrected chi connectivity index (χ3v) is 9.83. The van der Waals surface area contributed by atoms with Crippen LogP contribution in [0.5, 0.6) is 0 Å². The summed E-state index contributed by atoms with van der Waals surface area (Å²) in [5, 5.41) is 10.8. The first-order valence-electron chi connectivity index (χ1n) is 17.6. The molecule has 0 unspecified atom stereocenters. The predicted molar refractivity (Wildman–Crippen MR) is 240 cm³/mol. The SMILES string of the molecule is CC(C)c1cc2c(-c3cccc4ccccc34)cccc2[cH-]1.CCCCCc1cc2c(-c3cccc4ccccc34)ccc(C)c2[cH-]1.Cl.Cl.[CH3-].[CH3-].[Si]=[Zr]. The molecule has 0 atom stereocenters. The Morgan fingerprint density at radius 3 is 1.64 bits per heavy atom. The van der Waals surface area contributed by atoms with Crippen molar-refractivity contribution < 1.29 is 23.3 Å². The van der Waals surface area contributed by atoms with Crippen LogP contribution in [0.3, 0.4) is 0 Å². The first kappa shape index (κ1) is 45.9. The van der Waals surface area contributed by atoms with Gasteiger partial charge in [-0.15, -0.1) is 93.4 Å². The van der Waals surface area contributed by atoms with Crippen molar-refractivity contribution in [2.75, 3.05) is 0 Å². The van der Waals surface area contributed by atoms with E-state index in [1.165, 1.54) is 131 Å². The van der Waals surface area contributed by atoms with Crippen molar-refractivity contribution in [3.05, 3.63) is 171 Å². The van der Waals surface area contributed by atoms with Crippen LogP contribution in [0, 0.1) is 21.8 Å². The van der Waals surface area contributed by atoms with Crippen LogP contribution in [-0.2, 0) is 29.8 Å². The number of aryl methyl sites for hydroxylation is 2. The molecule has 274 valence electrons.